The molecule has 1 saturated heterocycles. The second kappa shape index (κ2) is 9.58. The van der Waals surface area contributed by atoms with E-state index >= 15 is 0 Å². The minimum Gasteiger partial charge on any atom is -0.465 e. The van der Waals surface area contributed by atoms with Crippen LogP contribution in [0.1, 0.15) is 34.7 Å². The van der Waals surface area contributed by atoms with Crippen LogP contribution in [0, 0.1) is 6.92 Å². The number of nitrogens with one attached hydrogen (secondary N) is 2. The van der Waals surface area contributed by atoms with Crippen molar-refractivity contribution in [3.63, 3.8) is 0 Å². The summed E-state index contributed by atoms with van der Waals surface area (Å²) in [5, 5.41) is 6.03. The van der Waals surface area contributed by atoms with E-state index in [-0.39, 0.29) is 16.4 Å². The van der Waals surface area contributed by atoms with Gasteiger partial charge in [-0.2, -0.15) is 4.31 Å². The van der Waals surface area contributed by atoms with Crippen molar-refractivity contribution in [3.05, 3.63) is 66.1 Å². The van der Waals surface area contributed by atoms with E-state index in [1.54, 1.807) is 24.7 Å². The van der Waals surface area contributed by atoms with Gasteiger partial charge >= 0.3 is 0 Å². The minimum absolute atomic E-state index is 0.111. The van der Waals surface area contributed by atoms with Gasteiger partial charge in [-0.3, -0.25) is 4.79 Å². The number of carbonyl (C=O) groups is 1. The molecule has 3 heterocycles. The quantitative estimate of drug-likeness (QED) is 0.511. The summed E-state index contributed by atoms with van der Waals surface area (Å²) in [7, 11) is -3.67. The van der Waals surface area contributed by atoms with Gasteiger partial charge in [0.2, 0.25) is 10.0 Å². The number of rotatable bonds is 9. The number of aromatic nitrogens is 2. The highest BCUT2D eigenvalue weighted by atomic mass is 32.2. The van der Waals surface area contributed by atoms with Crippen LogP contribution in [0.25, 0.3) is 0 Å². The summed E-state index contributed by atoms with van der Waals surface area (Å²) in [6.45, 7) is 4.20. The third-order valence-electron chi connectivity index (χ3n) is 5.35. The molecule has 0 unspecified atom stereocenters. The summed E-state index contributed by atoms with van der Waals surface area (Å²) in [5.41, 5.74) is 0.827. The molecular weight excluding hydrogens is 430 g/mol. The lowest BCUT2D eigenvalue weighted by atomic mass is 10.2. The lowest BCUT2D eigenvalue weighted by Gasteiger charge is -2.17. The molecule has 0 aliphatic carbocycles. The maximum absolute atomic E-state index is 13.1. The van der Waals surface area contributed by atoms with Crippen LogP contribution in [-0.2, 0) is 23.1 Å². The van der Waals surface area contributed by atoms with Gasteiger partial charge in [0.1, 0.15) is 11.5 Å². The number of amides is 1. The van der Waals surface area contributed by atoms with E-state index in [2.05, 4.69) is 15.6 Å². The zero-order valence-electron chi connectivity index (χ0n) is 18.0. The van der Waals surface area contributed by atoms with E-state index in [4.69, 9.17) is 4.42 Å². The van der Waals surface area contributed by atoms with Gasteiger partial charge in [-0.1, -0.05) is 0 Å². The van der Waals surface area contributed by atoms with Crippen LogP contribution in [-0.4, -0.2) is 47.8 Å². The Morgan fingerprint density at radius 3 is 2.69 bits per heavy atom. The van der Waals surface area contributed by atoms with Crippen LogP contribution in [0.4, 0.5) is 5.69 Å². The van der Waals surface area contributed by atoms with Gasteiger partial charge in [0.15, 0.2) is 0 Å². The summed E-state index contributed by atoms with van der Waals surface area (Å²) >= 11 is 0. The van der Waals surface area contributed by atoms with E-state index in [0.29, 0.717) is 38.4 Å². The Kier molecular flexibility index (Phi) is 6.61. The Labute approximate surface area is 187 Å². The van der Waals surface area contributed by atoms with Gasteiger partial charge < -0.3 is 19.6 Å². The van der Waals surface area contributed by atoms with Crippen molar-refractivity contribution in [2.24, 2.45) is 0 Å². The molecule has 1 aliphatic heterocycles. The summed E-state index contributed by atoms with van der Waals surface area (Å²) in [4.78, 5) is 16.9. The number of benzene rings is 1. The molecule has 0 saturated carbocycles. The molecule has 0 radical (unpaired) electrons. The van der Waals surface area contributed by atoms with E-state index in [1.807, 2.05) is 29.8 Å². The van der Waals surface area contributed by atoms with E-state index < -0.39 is 10.0 Å². The molecule has 1 aliphatic rings. The van der Waals surface area contributed by atoms with Crippen molar-refractivity contribution >= 4 is 21.6 Å². The highest BCUT2D eigenvalue weighted by Gasteiger charge is 2.28. The highest BCUT2D eigenvalue weighted by molar-refractivity contribution is 7.89. The second-order valence-electron chi connectivity index (χ2n) is 7.78. The van der Waals surface area contributed by atoms with E-state index in [0.717, 1.165) is 24.4 Å². The first-order valence-electron chi connectivity index (χ1n) is 10.6. The van der Waals surface area contributed by atoms with Crippen LogP contribution in [0.2, 0.25) is 0 Å². The molecule has 1 amide bonds. The van der Waals surface area contributed by atoms with Crippen LogP contribution in [0.3, 0.4) is 0 Å². The Balaban J connectivity index is 1.55. The molecule has 4 rings (SSSR count). The van der Waals surface area contributed by atoms with Crippen LogP contribution in [0.5, 0.6) is 0 Å². The first-order chi connectivity index (χ1) is 15.4. The van der Waals surface area contributed by atoms with Gasteiger partial charge in [0.05, 0.1) is 17.8 Å². The van der Waals surface area contributed by atoms with Crippen molar-refractivity contribution in [2.75, 3.05) is 25.0 Å². The lowest BCUT2D eigenvalue weighted by Crippen LogP contribution is -2.29. The number of aryl methyl sites for hydroxylation is 1. The van der Waals surface area contributed by atoms with Gasteiger partial charge in [-0.15, -0.1) is 0 Å². The topological polar surface area (TPSA) is 109 Å². The zero-order chi connectivity index (χ0) is 22.6. The molecule has 0 atom stereocenters. The lowest BCUT2D eigenvalue weighted by molar-refractivity contribution is 0.0952. The number of hydrogen-bond donors (Lipinski definition) is 2. The first-order valence-corrected chi connectivity index (χ1v) is 12.0. The first kappa shape index (κ1) is 22.1. The summed E-state index contributed by atoms with van der Waals surface area (Å²) < 4.78 is 35.2. The van der Waals surface area contributed by atoms with E-state index in [1.165, 1.54) is 10.4 Å². The molecular formula is C22H27N5O4S. The molecule has 0 bridgehead atoms. The third-order valence-corrected chi connectivity index (χ3v) is 7.23. The van der Waals surface area contributed by atoms with Gasteiger partial charge in [-0.05, 0) is 50.1 Å². The normalized spacial score (nSPS) is 14.5. The fourth-order valence-corrected chi connectivity index (χ4v) is 5.24. The molecule has 2 N–H and O–H groups in total. The standard InChI is InChI=1S/C22H27N5O4S/c1-17-4-5-20(31-17)15-25-19-12-18(22(28)24-7-11-26-10-6-23-16-26)13-21(14-19)32(29,30)27-8-2-3-9-27/h4-6,10,12-14,16,25H,2-3,7-9,11,15H2,1H3,(H,24,28). The Morgan fingerprint density at radius 2 is 2.00 bits per heavy atom. The van der Waals surface area contributed by atoms with E-state index in [9.17, 15) is 13.2 Å². The maximum Gasteiger partial charge on any atom is 0.251 e. The predicted octanol–water partition coefficient (Wildman–Crippen LogP) is 2.61. The van der Waals surface area contributed by atoms with Crippen molar-refractivity contribution in [3.8, 4) is 0 Å². The van der Waals surface area contributed by atoms with Crippen LogP contribution in [0.15, 0.2) is 58.4 Å². The van der Waals surface area contributed by atoms with Gasteiger partial charge in [0, 0.05) is 49.8 Å². The Bertz CT molecular complexity index is 1160. The number of anilines is 1. The third kappa shape index (κ3) is 5.20. The number of furan rings is 1. The molecule has 1 aromatic carbocycles. The largest absolute Gasteiger partial charge is 0.465 e. The number of carbonyl (C=O) groups excluding carboxylic acids is 1. The number of nitrogens with zero attached hydrogens (tertiary/aromatic N) is 3. The van der Waals surface area contributed by atoms with Crippen molar-refractivity contribution in [1.82, 2.24) is 19.2 Å². The monoisotopic (exact) mass is 457 g/mol. The fourth-order valence-electron chi connectivity index (χ4n) is 3.65. The molecule has 10 heteroatoms. The fraction of sp³-hybridized carbons (Fsp3) is 0.364. The second-order valence-corrected chi connectivity index (χ2v) is 9.72. The Morgan fingerprint density at radius 1 is 1.19 bits per heavy atom. The molecule has 170 valence electrons. The molecule has 2 aromatic heterocycles. The minimum atomic E-state index is -3.67. The molecule has 1 fully saturated rings. The van der Waals surface area contributed by atoms with Crippen molar-refractivity contribution < 1.29 is 17.6 Å². The highest BCUT2D eigenvalue weighted by Crippen LogP contribution is 2.25. The zero-order valence-corrected chi connectivity index (χ0v) is 18.8. The van der Waals surface area contributed by atoms with Crippen molar-refractivity contribution in [1.29, 1.82) is 0 Å². The molecule has 3 aromatic rings. The SMILES string of the molecule is Cc1ccc(CNc2cc(C(=O)NCCn3ccnc3)cc(S(=O)(=O)N3CCCC3)c2)o1. The molecule has 9 nitrogen and oxygen atoms in total. The van der Waals surface area contributed by atoms with Crippen LogP contribution >= 0.6 is 0 Å². The van der Waals surface area contributed by atoms with Gasteiger partial charge in [0.25, 0.3) is 5.91 Å². The average Bonchev–Trinajstić information content (AvgIpc) is 3.55. The predicted molar refractivity (Wildman–Crippen MR) is 120 cm³/mol. The molecule has 32 heavy (non-hydrogen) atoms. The summed E-state index contributed by atoms with van der Waals surface area (Å²) in [6, 6.07) is 8.40. The van der Waals surface area contributed by atoms with Crippen LogP contribution < -0.4 is 10.6 Å². The number of sulfonamides is 1. The molecule has 0 spiro atoms. The van der Waals surface area contributed by atoms with Crippen molar-refractivity contribution in [2.45, 2.75) is 37.8 Å². The average molecular weight is 458 g/mol. The Hall–Kier alpha value is -3.11. The summed E-state index contributed by atoms with van der Waals surface area (Å²) in [6.07, 6.45) is 6.85. The number of imidazole rings is 1. The summed E-state index contributed by atoms with van der Waals surface area (Å²) in [5.74, 6) is 1.19. The smallest absolute Gasteiger partial charge is 0.251 e. The van der Waals surface area contributed by atoms with Gasteiger partial charge in [-0.25, -0.2) is 13.4 Å². The number of hydrogen-bond acceptors (Lipinski definition) is 6. The maximum atomic E-state index is 13.1.